The van der Waals surface area contributed by atoms with Crippen LogP contribution in [0.4, 0.5) is 0 Å². The quantitative estimate of drug-likeness (QED) is 0.575. The maximum absolute atomic E-state index is 5.80. The van der Waals surface area contributed by atoms with E-state index in [0.29, 0.717) is 0 Å². The van der Waals surface area contributed by atoms with E-state index in [4.69, 9.17) is 11.6 Å². The number of halogens is 1. The molecule has 0 saturated heterocycles. The first-order chi connectivity index (χ1) is 7.47. The van der Waals surface area contributed by atoms with Gasteiger partial charge in [0.25, 0.3) is 0 Å². The Morgan fingerprint density at radius 3 is 2.38 bits per heavy atom. The van der Waals surface area contributed by atoms with Gasteiger partial charge in [0.15, 0.2) is 0 Å². The van der Waals surface area contributed by atoms with Gasteiger partial charge in [0.05, 0.1) is 0 Å². The van der Waals surface area contributed by atoms with Crippen LogP contribution >= 0.6 is 11.6 Å². The molecule has 0 aromatic heterocycles. The van der Waals surface area contributed by atoms with Crippen molar-refractivity contribution in [1.82, 2.24) is 0 Å². The molecule has 16 heavy (non-hydrogen) atoms. The fourth-order valence-corrected chi connectivity index (χ4v) is 3.62. The van der Waals surface area contributed by atoms with Crippen molar-refractivity contribution in [3.63, 3.8) is 0 Å². The Balaban J connectivity index is 2.44. The molecule has 3 heteroatoms. The van der Waals surface area contributed by atoms with E-state index in [0.717, 1.165) is 17.1 Å². The van der Waals surface area contributed by atoms with Gasteiger partial charge in [-0.1, -0.05) is 0 Å². The zero-order valence-electron chi connectivity index (χ0n) is 10.1. The normalized spacial score (nSPS) is 12.8. The van der Waals surface area contributed by atoms with Crippen LogP contribution in [0.3, 0.4) is 0 Å². The van der Waals surface area contributed by atoms with Crippen molar-refractivity contribution in [3.05, 3.63) is 45.0 Å². The number of hydrogen-bond acceptors (Lipinski definition) is 1. The topological polar surface area (TPSA) is 12.4 Å². The molecule has 86 valence electrons. The summed E-state index contributed by atoms with van der Waals surface area (Å²) in [5.41, 5.74) is 1.09. The van der Waals surface area contributed by atoms with Gasteiger partial charge >= 0.3 is 108 Å². The third-order valence-electron chi connectivity index (χ3n) is 1.94. The van der Waals surface area contributed by atoms with Crippen LogP contribution in [0.15, 0.2) is 39.4 Å². The van der Waals surface area contributed by atoms with Gasteiger partial charge < -0.3 is 0 Å². The van der Waals surface area contributed by atoms with E-state index in [1.54, 1.807) is 0 Å². The second-order valence-electron chi connectivity index (χ2n) is 4.81. The molecule has 1 nitrogen and oxygen atoms in total. The van der Waals surface area contributed by atoms with Crippen LogP contribution < -0.4 is 0 Å². The third-order valence-corrected chi connectivity index (χ3v) is 5.72. The van der Waals surface area contributed by atoms with Gasteiger partial charge in [-0.05, 0) is 0 Å². The number of rotatable bonds is 4. The van der Waals surface area contributed by atoms with Crippen molar-refractivity contribution in [1.29, 1.82) is 0 Å². The monoisotopic (exact) mass is 343 g/mol. The molecule has 0 heterocycles. The molecule has 0 amide bonds. The van der Waals surface area contributed by atoms with Crippen molar-refractivity contribution in [2.24, 2.45) is 4.99 Å². The van der Waals surface area contributed by atoms with Crippen molar-refractivity contribution in [2.75, 3.05) is 6.54 Å². The molecule has 0 aliphatic carbocycles. The van der Waals surface area contributed by atoms with Gasteiger partial charge in [-0.2, -0.15) is 0 Å². The standard InChI is InChI=1S/C10H9ClN.3CH3.Sn/c1-2-7-12-8-9-3-5-10(11)6-4-9;;;;/h1-6,8H,7H2;3*1H3;. The Bertz CT molecular complexity index is 374. The van der Waals surface area contributed by atoms with Crippen LogP contribution in [0.1, 0.15) is 5.56 Å². The summed E-state index contributed by atoms with van der Waals surface area (Å²) in [5.74, 6) is 0. The Hall–Kier alpha value is -0.281. The third kappa shape index (κ3) is 6.33. The molecule has 0 radical (unpaired) electrons. The van der Waals surface area contributed by atoms with Crippen LogP contribution in [0, 0.1) is 0 Å². The Morgan fingerprint density at radius 1 is 1.19 bits per heavy atom. The minimum absolute atomic E-state index is 0.763. The molecule has 1 aromatic rings. The molecule has 0 spiro atoms. The van der Waals surface area contributed by atoms with E-state index in [1.165, 1.54) is 0 Å². The molecule has 1 rings (SSSR count). The van der Waals surface area contributed by atoms with Gasteiger partial charge in [0, 0.05) is 0 Å². The van der Waals surface area contributed by atoms with E-state index < -0.39 is 18.4 Å². The molecule has 0 aliphatic rings. The SMILES string of the molecule is [CH3][Sn]([CH3])([CH3])/[CH]=C\CN=Cc1ccc(Cl)cc1. The van der Waals surface area contributed by atoms with Crippen LogP contribution in [0.2, 0.25) is 19.8 Å². The van der Waals surface area contributed by atoms with Gasteiger partial charge in [0.1, 0.15) is 0 Å². The van der Waals surface area contributed by atoms with Gasteiger partial charge in [0.2, 0.25) is 0 Å². The maximum atomic E-state index is 5.80. The Kier molecular flexibility index (Phi) is 5.56. The van der Waals surface area contributed by atoms with Crippen molar-refractivity contribution >= 4 is 36.2 Å². The first kappa shape index (κ1) is 13.8. The summed E-state index contributed by atoms with van der Waals surface area (Å²) in [6, 6.07) is 7.70. The van der Waals surface area contributed by atoms with E-state index in [-0.39, 0.29) is 0 Å². The summed E-state index contributed by atoms with van der Waals surface area (Å²) in [7, 11) is 0. The number of nitrogens with zero attached hydrogens (tertiary/aromatic N) is 1. The van der Waals surface area contributed by atoms with Crippen molar-refractivity contribution in [2.45, 2.75) is 14.8 Å². The molecule has 0 bridgehead atoms. The van der Waals surface area contributed by atoms with Crippen molar-refractivity contribution < 1.29 is 0 Å². The van der Waals surface area contributed by atoms with Crippen LogP contribution in [0.25, 0.3) is 0 Å². The first-order valence-electron chi connectivity index (χ1n) is 5.40. The molecule has 0 N–H and O–H groups in total. The summed E-state index contributed by atoms with van der Waals surface area (Å²) in [6.07, 6.45) is 4.07. The fourth-order valence-electron chi connectivity index (χ4n) is 1.17. The van der Waals surface area contributed by atoms with Crippen LogP contribution in [-0.2, 0) is 0 Å². The number of benzene rings is 1. The van der Waals surface area contributed by atoms with E-state index in [9.17, 15) is 0 Å². The molecular weight excluding hydrogens is 324 g/mol. The number of hydrogen-bond donors (Lipinski definition) is 0. The van der Waals surface area contributed by atoms with E-state index in [1.807, 2.05) is 30.5 Å². The Labute approximate surface area is 107 Å². The molecule has 0 saturated carbocycles. The zero-order chi connectivity index (χ0) is 12.0. The second-order valence-corrected chi connectivity index (χ2v) is 19.7. The second kappa shape index (κ2) is 6.45. The van der Waals surface area contributed by atoms with Crippen LogP contribution in [0.5, 0.6) is 0 Å². The average Bonchev–Trinajstić information content (AvgIpc) is 2.19. The summed E-state index contributed by atoms with van der Waals surface area (Å²) in [6.45, 7) is 0.775. The molecule has 1 aromatic carbocycles. The van der Waals surface area contributed by atoms with E-state index in [2.05, 4.69) is 30.0 Å². The average molecular weight is 342 g/mol. The summed E-state index contributed by atoms with van der Waals surface area (Å²) < 4.78 is 2.38. The van der Waals surface area contributed by atoms with Gasteiger partial charge in [-0.15, -0.1) is 0 Å². The molecule has 0 atom stereocenters. The molecular formula is C13H18ClNSn. The predicted molar refractivity (Wildman–Crippen MR) is 76.4 cm³/mol. The number of aliphatic imine (C=N–C) groups is 1. The summed E-state index contributed by atoms with van der Waals surface area (Å²) in [4.78, 5) is 11.5. The minimum atomic E-state index is -1.73. The van der Waals surface area contributed by atoms with Crippen LogP contribution in [-0.4, -0.2) is 31.1 Å². The molecule has 0 aliphatic heterocycles. The molecule has 0 unspecified atom stereocenters. The first-order valence-corrected chi connectivity index (χ1v) is 16.0. The molecule has 0 fully saturated rings. The summed E-state index contributed by atoms with van der Waals surface area (Å²) in [5, 5.41) is 0.763. The van der Waals surface area contributed by atoms with Gasteiger partial charge in [-0.25, -0.2) is 0 Å². The fraction of sp³-hybridized carbons (Fsp3) is 0.308. The summed E-state index contributed by atoms with van der Waals surface area (Å²) >= 11 is 4.07. The Morgan fingerprint density at radius 2 is 1.81 bits per heavy atom. The van der Waals surface area contributed by atoms with E-state index >= 15 is 0 Å². The van der Waals surface area contributed by atoms with Crippen molar-refractivity contribution in [3.8, 4) is 0 Å². The van der Waals surface area contributed by atoms with Gasteiger partial charge in [-0.3, -0.25) is 0 Å². The predicted octanol–water partition coefficient (Wildman–Crippen LogP) is 4.19. The zero-order valence-corrected chi connectivity index (χ0v) is 13.7.